The molecule has 2 aromatic heterocycles. The van der Waals surface area contributed by atoms with Crippen molar-refractivity contribution in [2.75, 3.05) is 7.11 Å². The minimum absolute atomic E-state index is 0.136. The maximum absolute atomic E-state index is 12.6. The quantitative estimate of drug-likeness (QED) is 0.0881. The molecule has 9 heteroatoms. The Hall–Kier alpha value is -4.51. The minimum Gasteiger partial charge on any atom is -0.493 e. The molecule has 0 aliphatic carbocycles. The number of halogens is 1. The largest absolute Gasteiger partial charge is 0.493 e. The lowest BCUT2D eigenvalue weighted by molar-refractivity contribution is 0.0923. The Kier molecular flexibility index (Phi) is 9.51. The fourth-order valence-corrected chi connectivity index (χ4v) is 5.41. The number of aryl methyl sites for hydroxylation is 3. The highest BCUT2D eigenvalue weighted by Gasteiger charge is 2.13. The zero-order valence-corrected chi connectivity index (χ0v) is 26.5. The monoisotopic (exact) mass is 689 g/mol. The molecule has 0 bridgehead atoms. The van der Waals surface area contributed by atoms with Gasteiger partial charge in [0.1, 0.15) is 24.7 Å². The van der Waals surface area contributed by atoms with Crippen LogP contribution < -0.4 is 19.6 Å². The highest BCUT2D eigenvalue weighted by molar-refractivity contribution is 14.1. The lowest BCUT2D eigenvalue weighted by atomic mass is 10.1. The van der Waals surface area contributed by atoms with Gasteiger partial charge < -0.3 is 23.2 Å². The molecule has 5 aromatic rings. The Bertz CT molecular complexity index is 1730. The second-order valence-corrected chi connectivity index (χ2v) is 11.2. The fraction of sp³-hybridized carbons (Fsp3) is 0.176. The van der Waals surface area contributed by atoms with Crippen LogP contribution in [0.2, 0.25) is 0 Å². The summed E-state index contributed by atoms with van der Waals surface area (Å²) in [6, 6.07) is 27.2. The molecule has 5 rings (SSSR count). The molecule has 0 unspecified atom stereocenters. The van der Waals surface area contributed by atoms with Gasteiger partial charge in [-0.2, -0.15) is 5.10 Å². The molecule has 8 nitrogen and oxygen atoms in total. The molecule has 0 spiro atoms. The lowest BCUT2D eigenvalue weighted by Gasteiger charge is -2.14. The SMILES string of the molecule is COc1cc(/C=N/NC(=O)c2ccc(COc3ccc(-n4c(C)ccc4C)cc3)o2)cc(I)c1OCc1cccc(C)c1. The molecule has 0 fully saturated rings. The van der Waals surface area contributed by atoms with E-state index in [-0.39, 0.29) is 12.4 Å². The number of nitrogens with zero attached hydrogens (tertiary/aromatic N) is 2. The van der Waals surface area contributed by atoms with Gasteiger partial charge in [-0.3, -0.25) is 4.79 Å². The first-order valence-electron chi connectivity index (χ1n) is 13.7. The number of furan rings is 1. The molecule has 3 aromatic carbocycles. The first-order chi connectivity index (χ1) is 20.8. The van der Waals surface area contributed by atoms with E-state index in [4.69, 9.17) is 18.6 Å². The van der Waals surface area contributed by atoms with Gasteiger partial charge in [-0.25, -0.2) is 5.43 Å². The number of carbonyl (C=O) groups excluding carboxylic acids is 1. The zero-order valence-electron chi connectivity index (χ0n) is 24.4. The summed E-state index contributed by atoms with van der Waals surface area (Å²) in [6.07, 6.45) is 1.54. The van der Waals surface area contributed by atoms with Crippen molar-refractivity contribution in [3.8, 4) is 22.9 Å². The van der Waals surface area contributed by atoms with E-state index in [0.717, 1.165) is 20.4 Å². The molecule has 1 amide bonds. The molecule has 0 radical (unpaired) electrons. The maximum Gasteiger partial charge on any atom is 0.307 e. The van der Waals surface area contributed by atoms with Crippen LogP contribution in [0.3, 0.4) is 0 Å². The number of nitrogens with one attached hydrogen (secondary N) is 1. The van der Waals surface area contributed by atoms with Crippen molar-refractivity contribution in [2.24, 2.45) is 5.10 Å². The number of hydrogen-bond donors (Lipinski definition) is 1. The molecule has 0 saturated heterocycles. The summed E-state index contributed by atoms with van der Waals surface area (Å²) in [5, 5.41) is 4.09. The van der Waals surface area contributed by atoms with Crippen molar-refractivity contribution >= 4 is 34.7 Å². The zero-order chi connectivity index (χ0) is 30.3. The van der Waals surface area contributed by atoms with E-state index in [1.165, 1.54) is 17.0 Å². The van der Waals surface area contributed by atoms with E-state index < -0.39 is 5.91 Å². The summed E-state index contributed by atoms with van der Waals surface area (Å²) in [5.41, 5.74) is 8.91. The van der Waals surface area contributed by atoms with Gasteiger partial charge in [0, 0.05) is 17.1 Å². The molecule has 0 aliphatic rings. The number of rotatable bonds is 11. The van der Waals surface area contributed by atoms with Crippen LogP contribution in [0.5, 0.6) is 17.2 Å². The lowest BCUT2D eigenvalue weighted by Crippen LogP contribution is -2.16. The van der Waals surface area contributed by atoms with Crippen LogP contribution in [-0.4, -0.2) is 23.8 Å². The van der Waals surface area contributed by atoms with Gasteiger partial charge in [-0.15, -0.1) is 0 Å². The van der Waals surface area contributed by atoms with Gasteiger partial charge in [0.25, 0.3) is 0 Å². The average molecular weight is 690 g/mol. The third kappa shape index (κ3) is 7.47. The van der Waals surface area contributed by atoms with Crippen LogP contribution >= 0.6 is 22.6 Å². The van der Waals surface area contributed by atoms with Gasteiger partial charge >= 0.3 is 5.91 Å². The topological polar surface area (TPSA) is 87.2 Å². The molecule has 0 aliphatic heterocycles. The molecule has 0 atom stereocenters. The van der Waals surface area contributed by atoms with Crippen molar-refractivity contribution in [3.63, 3.8) is 0 Å². The summed E-state index contributed by atoms with van der Waals surface area (Å²) >= 11 is 2.20. The van der Waals surface area contributed by atoms with Crippen LogP contribution in [0.1, 0.15) is 44.4 Å². The molecule has 2 heterocycles. The number of hydrazone groups is 1. The normalized spacial score (nSPS) is 11.1. The van der Waals surface area contributed by atoms with E-state index in [0.29, 0.717) is 29.6 Å². The van der Waals surface area contributed by atoms with E-state index in [1.807, 2.05) is 55.5 Å². The van der Waals surface area contributed by atoms with Crippen molar-refractivity contribution in [3.05, 3.63) is 128 Å². The smallest absolute Gasteiger partial charge is 0.307 e. The number of carbonyl (C=O) groups is 1. The van der Waals surface area contributed by atoms with Crippen molar-refractivity contribution in [1.82, 2.24) is 9.99 Å². The van der Waals surface area contributed by atoms with Gasteiger partial charge in [0.05, 0.1) is 16.9 Å². The predicted molar refractivity (Wildman–Crippen MR) is 175 cm³/mol. The summed E-state index contributed by atoms with van der Waals surface area (Å²) < 4.78 is 26.2. The number of benzene rings is 3. The number of methoxy groups -OCH3 is 1. The Balaban J connectivity index is 1.14. The van der Waals surface area contributed by atoms with Crippen LogP contribution in [0.25, 0.3) is 5.69 Å². The van der Waals surface area contributed by atoms with Crippen molar-refractivity contribution in [2.45, 2.75) is 34.0 Å². The van der Waals surface area contributed by atoms with Crippen molar-refractivity contribution in [1.29, 1.82) is 0 Å². The number of aromatic nitrogens is 1. The second-order valence-electron chi connectivity index (χ2n) is 10.0. The first-order valence-corrected chi connectivity index (χ1v) is 14.7. The maximum atomic E-state index is 12.6. The second kappa shape index (κ2) is 13.6. The highest BCUT2D eigenvalue weighted by atomic mass is 127. The highest BCUT2D eigenvalue weighted by Crippen LogP contribution is 2.34. The van der Waals surface area contributed by atoms with E-state index in [9.17, 15) is 4.79 Å². The standard InChI is InChI=1S/C34H32IN3O5/c1-22-6-5-7-25(16-22)20-42-33-30(35)17-26(18-32(33)40-4)19-36-37-34(39)31-15-14-29(43-31)21-41-28-12-10-27(11-13-28)38-23(2)8-9-24(38)3/h5-19H,20-21H2,1-4H3,(H,37,39)/b36-19+. The molecule has 1 N–H and O–H groups in total. The van der Waals surface area contributed by atoms with E-state index in [2.05, 4.69) is 69.7 Å². The minimum atomic E-state index is -0.468. The van der Waals surface area contributed by atoms with Gasteiger partial charge in [-0.1, -0.05) is 29.8 Å². The average Bonchev–Trinajstić information content (AvgIpc) is 3.61. The Morgan fingerprint density at radius 2 is 1.70 bits per heavy atom. The number of ether oxygens (including phenoxy) is 3. The summed E-state index contributed by atoms with van der Waals surface area (Å²) in [4.78, 5) is 12.6. The molecule has 220 valence electrons. The van der Waals surface area contributed by atoms with Crippen molar-refractivity contribution < 1.29 is 23.4 Å². The van der Waals surface area contributed by atoms with Crippen LogP contribution in [0.15, 0.2) is 94.4 Å². The van der Waals surface area contributed by atoms with Gasteiger partial charge in [0.2, 0.25) is 0 Å². The van der Waals surface area contributed by atoms with Crippen LogP contribution in [-0.2, 0) is 13.2 Å². The molecular weight excluding hydrogens is 657 g/mol. The number of hydrogen-bond acceptors (Lipinski definition) is 6. The Labute approximate surface area is 264 Å². The Morgan fingerprint density at radius 3 is 2.42 bits per heavy atom. The van der Waals surface area contributed by atoms with Gasteiger partial charge in [-0.05, 0) is 115 Å². The predicted octanol–water partition coefficient (Wildman–Crippen LogP) is 7.53. The third-order valence-corrected chi connectivity index (χ3v) is 7.53. The van der Waals surface area contributed by atoms with Crippen LogP contribution in [0.4, 0.5) is 0 Å². The van der Waals surface area contributed by atoms with Crippen LogP contribution in [0, 0.1) is 24.3 Å². The summed E-state index contributed by atoms with van der Waals surface area (Å²) in [5.74, 6) is 2.12. The fourth-order valence-electron chi connectivity index (χ4n) is 4.63. The molecule has 0 saturated carbocycles. The third-order valence-electron chi connectivity index (χ3n) is 6.73. The van der Waals surface area contributed by atoms with E-state index in [1.54, 1.807) is 31.5 Å². The summed E-state index contributed by atoms with van der Waals surface area (Å²) in [6.45, 7) is 6.81. The number of amides is 1. The Morgan fingerprint density at radius 1 is 0.930 bits per heavy atom. The van der Waals surface area contributed by atoms with Gasteiger partial charge in [0.15, 0.2) is 17.3 Å². The van der Waals surface area contributed by atoms with E-state index >= 15 is 0 Å². The summed E-state index contributed by atoms with van der Waals surface area (Å²) in [7, 11) is 1.59. The molecular formula is C34H32IN3O5. The molecule has 43 heavy (non-hydrogen) atoms. The first kappa shape index (κ1) is 30.0.